The number of nitrogens with one attached hydrogen (secondary N) is 1. The van der Waals surface area contributed by atoms with Gasteiger partial charge in [-0.25, -0.2) is 9.78 Å². The lowest BCUT2D eigenvalue weighted by Gasteiger charge is -2.11. The highest BCUT2D eigenvalue weighted by atomic mass is 32.1. The largest absolute Gasteiger partial charge is 0.476 e. The predicted octanol–water partition coefficient (Wildman–Crippen LogP) is 1.86. The molecule has 0 saturated heterocycles. The number of amides is 1. The number of nitrogens with zero attached hydrogens (tertiary/aromatic N) is 3. The quantitative estimate of drug-likeness (QED) is 0.878. The van der Waals surface area contributed by atoms with Crippen molar-refractivity contribution >= 4 is 23.2 Å². The average molecular weight is 308 g/mol. The van der Waals surface area contributed by atoms with E-state index >= 15 is 0 Å². The molecule has 1 atom stereocenters. The lowest BCUT2D eigenvalue weighted by atomic mass is 10.3. The van der Waals surface area contributed by atoms with E-state index in [4.69, 9.17) is 5.11 Å². The van der Waals surface area contributed by atoms with Crippen molar-refractivity contribution in [2.24, 2.45) is 0 Å². The summed E-state index contributed by atoms with van der Waals surface area (Å²) in [5.41, 5.74) is 1.25. The molecule has 0 aromatic carbocycles. The Balaban J connectivity index is 2.12. The van der Waals surface area contributed by atoms with E-state index in [1.54, 1.807) is 17.7 Å². The summed E-state index contributed by atoms with van der Waals surface area (Å²) in [6.45, 7) is 6.10. The molecule has 8 heteroatoms. The first-order valence-electron chi connectivity index (χ1n) is 6.46. The molecule has 2 aromatic heterocycles. The number of aromatic carboxylic acids is 1. The van der Waals surface area contributed by atoms with Gasteiger partial charge in [0.25, 0.3) is 5.91 Å². The molecule has 0 bridgehead atoms. The fraction of sp³-hybridized carbons (Fsp3) is 0.385. The Hall–Kier alpha value is -2.22. The van der Waals surface area contributed by atoms with Crippen LogP contribution in [0.3, 0.4) is 0 Å². The van der Waals surface area contributed by atoms with E-state index in [0.29, 0.717) is 17.2 Å². The normalized spacial score (nSPS) is 12.1. The van der Waals surface area contributed by atoms with Crippen LogP contribution in [-0.2, 0) is 6.54 Å². The molecule has 2 aromatic rings. The Bertz CT molecular complexity index is 677. The van der Waals surface area contributed by atoms with Crippen molar-refractivity contribution in [2.45, 2.75) is 33.4 Å². The molecular formula is C13H16N4O3S. The smallest absolute Gasteiger partial charge is 0.355 e. The fourth-order valence-electron chi connectivity index (χ4n) is 1.89. The average Bonchev–Trinajstić information content (AvgIpc) is 3.04. The number of hydrogen-bond acceptors (Lipinski definition) is 5. The Morgan fingerprint density at radius 3 is 2.81 bits per heavy atom. The molecule has 1 unspecified atom stereocenters. The molecule has 0 spiro atoms. The maximum absolute atomic E-state index is 12.3. The summed E-state index contributed by atoms with van der Waals surface area (Å²) in [7, 11) is 0. The van der Waals surface area contributed by atoms with Gasteiger partial charge in [0.2, 0.25) is 0 Å². The van der Waals surface area contributed by atoms with Crippen LogP contribution >= 0.6 is 11.3 Å². The van der Waals surface area contributed by atoms with Gasteiger partial charge < -0.3 is 10.4 Å². The summed E-state index contributed by atoms with van der Waals surface area (Å²) in [4.78, 5) is 27.0. The van der Waals surface area contributed by atoms with Gasteiger partial charge in [-0.1, -0.05) is 0 Å². The summed E-state index contributed by atoms with van der Waals surface area (Å²) < 4.78 is 1.63. The first kappa shape index (κ1) is 15.2. The second-order valence-electron chi connectivity index (χ2n) is 4.56. The molecular weight excluding hydrogens is 292 g/mol. The number of carboxylic acids is 1. The number of rotatable bonds is 5. The van der Waals surface area contributed by atoms with Crippen LogP contribution in [0.5, 0.6) is 0 Å². The van der Waals surface area contributed by atoms with Gasteiger partial charge in [-0.05, 0) is 26.8 Å². The minimum absolute atomic E-state index is 0.00876. The standard InChI is InChI=1S/C13H16N4O3S/c1-4-17-10(5-7(2)16-17)11(18)14-8(3)12-15-9(6-21-12)13(19)20/h5-6,8H,4H2,1-3H3,(H,14,18)(H,19,20). The second-order valence-corrected chi connectivity index (χ2v) is 5.45. The van der Waals surface area contributed by atoms with Crippen LogP contribution in [0.15, 0.2) is 11.4 Å². The third-order valence-electron chi connectivity index (χ3n) is 2.89. The zero-order valence-electron chi connectivity index (χ0n) is 12.0. The van der Waals surface area contributed by atoms with Crippen molar-refractivity contribution in [3.63, 3.8) is 0 Å². The van der Waals surface area contributed by atoms with Gasteiger partial charge in [0.05, 0.1) is 11.7 Å². The van der Waals surface area contributed by atoms with Crippen LogP contribution in [0.4, 0.5) is 0 Å². The predicted molar refractivity (Wildman–Crippen MR) is 77.6 cm³/mol. The van der Waals surface area contributed by atoms with Crippen molar-refractivity contribution in [3.8, 4) is 0 Å². The van der Waals surface area contributed by atoms with Gasteiger partial charge in [0.15, 0.2) is 5.69 Å². The molecule has 0 aliphatic rings. The summed E-state index contributed by atoms with van der Waals surface area (Å²) in [5.74, 6) is -1.33. The topological polar surface area (TPSA) is 97.1 Å². The van der Waals surface area contributed by atoms with E-state index in [1.807, 2.05) is 13.8 Å². The van der Waals surface area contributed by atoms with Crippen molar-refractivity contribution in [2.75, 3.05) is 0 Å². The van der Waals surface area contributed by atoms with Gasteiger partial charge in [-0.3, -0.25) is 9.48 Å². The molecule has 0 saturated carbocycles. The Morgan fingerprint density at radius 1 is 1.52 bits per heavy atom. The van der Waals surface area contributed by atoms with Crippen molar-refractivity contribution < 1.29 is 14.7 Å². The van der Waals surface area contributed by atoms with E-state index in [9.17, 15) is 9.59 Å². The minimum Gasteiger partial charge on any atom is -0.476 e. The number of carbonyl (C=O) groups is 2. The zero-order valence-corrected chi connectivity index (χ0v) is 12.8. The Morgan fingerprint density at radius 2 is 2.24 bits per heavy atom. The van der Waals surface area contributed by atoms with Gasteiger partial charge in [-0.15, -0.1) is 11.3 Å². The van der Waals surface area contributed by atoms with Crippen LogP contribution in [0.25, 0.3) is 0 Å². The molecule has 0 aliphatic carbocycles. The number of hydrogen-bond donors (Lipinski definition) is 2. The van der Waals surface area contributed by atoms with Crippen molar-refractivity contribution in [1.82, 2.24) is 20.1 Å². The first-order valence-corrected chi connectivity index (χ1v) is 7.34. The third kappa shape index (κ3) is 3.27. The molecule has 21 heavy (non-hydrogen) atoms. The second kappa shape index (κ2) is 6.04. The highest BCUT2D eigenvalue weighted by Crippen LogP contribution is 2.18. The van der Waals surface area contributed by atoms with Crippen LogP contribution in [0, 0.1) is 6.92 Å². The van der Waals surface area contributed by atoms with E-state index < -0.39 is 5.97 Å². The molecule has 112 valence electrons. The van der Waals surface area contributed by atoms with Crippen molar-refractivity contribution in [1.29, 1.82) is 0 Å². The Kier molecular flexibility index (Phi) is 4.37. The third-order valence-corrected chi connectivity index (χ3v) is 3.92. The van der Waals surface area contributed by atoms with E-state index in [-0.39, 0.29) is 17.6 Å². The first-order chi connectivity index (χ1) is 9.92. The van der Waals surface area contributed by atoms with Gasteiger partial charge in [0.1, 0.15) is 10.7 Å². The van der Waals surface area contributed by atoms with E-state index in [0.717, 1.165) is 5.69 Å². The fourth-order valence-corrected chi connectivity index (χ4v) is 2.69. The van der Waals surface area contributed by atoms with Gasteiger partial charge >= 0.3 is 5.97 Å². The number of carbonyl (C=O) groups excluding carboxylic acids is 1. The number of carboxylic acid groups (broad SMARTS) is 1. The molecule has 7 nitrogen and oxygen atoms in total. The lowest BCUT2D eigenvalue weighted by Crippen LogP contribution is -2.28. The molecule has 0 fully saturated rings. The van der Waals surface area contributed by atoms with E-state index in [2.05, 4.69) is 15.4 Å². The molecule has 0 aliphatic heterocycles. The van der Waals surface area contributed by atoms with Crippen LogP contribution in [-0.4, -0.2) is 31.7 Å². The molecule has 0 radical (unpaired) electrons. The van der Waals surface area contributed by atoms with Gasteiger partial charge in [0, 0.05) is 11.9 Å². The van der Waals surface area contributed by atoms with E-state index in [1.165, 1.54) is 16.7 Å². The highest BCUT2D eigenvalue weighted by molar-refractivity contribution is 7.09. The summed E-state index contributed by atoms with van der Waals surface area (Å²) in [6.07, 6.45) is 0. The Labute approximate surface area is 125 Å². The molecule has 2 N–H and O–H groups in total. The number of aryl methyl sites for hydroxylation is 2. The molecule has 2 rings (SSSR count). The maximum atomic E-state index is 12.3. The maximum Gasteiger partial charge on any atom is 0.355 e. The zero-order chi connectivity index (χ0) is 15.6. The molecule has 1 amide bonds. The summed E-state index contributed by atoms with van der Waals surface area (Å²) in [6, 6.07) is 1.35. The lowest BCUT2D eigenvalue weighted by molar-refractivity contribution is 0.0691. The van der Waals surface area contributed by atoms with Crippen LogP contribution in [0.1, 0.15) is 51.6 Å². The number of thiazole rings is 1. The summed E-state index contributed by atoms with van der Waals surface area (Å²) >= 11 is 1.21. The van der Waals surface area contributed by atoms with Crippen LogP contribution < -0.4 is 5.32 Å². The molecule has 2 heterocycles. The summed E-state index contributed by atoms with van der Waals surface area (Å²) in [5, 5.41) is 17.9. The SMILES string of the molecule is CCn1nc(C)cc1C(=O)NC(C)c1nc(C(=O)O)cs1. The highest BCUT2D eigenvalue weighted by Gasteiger charge is 2.19. The minimum atomic E-state index is -1.07. The number of aromatic nitrogens is 3. The van der Waals surface area contributed by atoms with Gasteiger partial charge in [-0.2, -0.15) is 5.10 Å². The van der Waals surface area contributed by atoms with Crippen LogP contribution in [0.2, 0.25) is 0 Å². The monoisotopic (exact) mass is 308 g/mol. The van der Waals surface area contributed by atoms with Crippen molar-refractivity contribution in [3.05, 3.63) is 33.5 Å².